The number of carboxylic acids is 1. The van der Waals surface area contributed by atoms with E-state index in [-0.39, 0.29) is 12.1 Å². The number of carbonyl (C=O) groups is 1. The van der Waals surface area contributed by atoms with Crippen LogP contribution in [0.3, 0.4) is 0 Å². The Hall–Kier alpha value is -1.53. The largest absolute Gasteiger partial charge is 0.481 e. The van der Waals surface area contributed by atoms with E-state index in [0.717, 1.165) is 6.07 Å². The number of aromatic amines is 1. The summed E-state index contributed by atoms with van der Waals surface area (Å²) in [4.78, 5) is 10.8. The van der Waals surface area contributed by atoms with E-state index in [1.807, 2.05) is 0 Å². The molecule has 1 fully saturated rings. The van der Waals surface area contributed by atoms with Crippen LogP contribution in [-0.2, 0) is 17.4 Å². The highest BCUT2D eigenvalue weighted by atomic mass is 19.4. The number of aromatic nitrogens is 2. The molecule has 2 N–H and O–H groups in total. The minimum atomic E-state index is -4.49. The molecule has 16 heavy (non-hydrogen) atoms. The van der Waals surface area contributed by atoms with Crippen molar-refractivity contribution in [3.05, 3.63) is 17.5 Å². The van der Waals surface area contributed by atoms with E-state index in [0.29, 0.717) is 12.8 Å². The van der Waals surface area contributed by atoms with Crippen LogP contribution in [0.1, 0.15) is 24.2 Å². The van der Waals surface area contributed by atoms with Gasteiger partial charge in [0.2, 0.25) is 0 Å². The maximum Gasteiger partial charge on any atom is 0.435 e. The van der Waals surface area contributed by atoms with Crippen molar-refractivity contribution < 1.29 is 23.1 Å². The fourth-order valence-electron chi connectivity index (χ4n) is 1.58. The van der Waals surface area contributed by atoms with E-state index in [2.05, 4.69) is 10.2 Å². The fourth-order valence-corrected chi connectivity index (χ4v) is 1.58. The van der Waals surface area contributed by atoms with E-state index in [4.69, 9.17) is 5.11 Å². The average molecular weight is 234 g/mol. The highest BCUT2D eigenvalue weighted by Crippen LogP contribution is 2.48. The Bertz CT molecular complexity index is 421. The molecule has 0 saturated heterocycles. The minimum absolute atomic E-state index is 0.0748. The van der Waals surface area contributed by atoms with Crippen LogP contribution in [-0.4, -0.2) is 21.3 Å². The van der Waals surface area contributed by atoms with Crippen LogP contribution in [0.4, 0.5) is 13.2 Å². The predicted octanol–water partition coefficient (Wildman–Crippen LogP) is 1.84. The summed E-state index contributed by atoms with van der Waals surface area (Å²) < 4.78 is 36.6. The van der Waals surface area contributed by atoms with Crippen molar-refractivity contribution in [3.8, 4) is 0 Å². The van der Waals surface area contributed by atoms with Gasteiger partial charge in [0.1, 0.15) is 0 Å². The normalized spacial score (nSPS) is 18.4. The van der Waals surface area contributed by atoms with Gasteiger partial charge in [0, 0.05) is 12.1 Å². The van der Waals surface area contributed by atoms with Crippen LogP contribution in [0.25, 0.3) is 0 Å². The van der Waals surface area contributed by atoms with Gasteiger partial charge in [-0.1, -0.05) is 0 Å². The number of aliphatic carboxylic acids is 1. The first-order chi connectivity index (χ1) is 7.33. The molecule has 1 heterocycles. The molecule has 88 valence electrons. The van der Waals surface area contributed by atoms with Crippen molar-refractivity contribution in [1.82, 2.24) is 10.2 Å². The third kappa shape index (κ3) is 1.89. The van der Waals surface area contributed by atoms with Gasteiger partial charge in [-0.3, -0.25) is 9.89 Å². The monoisotopic (exact) mass is 234 g/mol. The van der Waals surface area contributed by atoms with Gasteiger partial charge in [0.15, 0.2) is 5.69 Å². The topological polar surface area (TPSA) is 66.0 Å². The molecule has 1 aliphatic carbocycles. The first-order valence-corrected chi connectivity index (χ1v) is 4.68. The highest BCUT2D eigenvalue weighted by molar-refractivity contribution is 5.78. The Morgan fingerprint density at radius 3 is 2.56 bits per heavy atom. The lowest BCUT2D eigenvalue weighted by molar-refractivity contribution is -0.143. The molecule has 0 aromatic carbocycles. The van der Waals surface area contributed by atoms with Crippen LogP contribution < -0.4 is 0 Å². The number of hydrogen-bond donors (Lipinski definition) is 2. The summed E-state index contributed by atoms with van der Waals surface area (Å²) in [6, 6.07) is 0.864. The van der Waals surface area contributed by atoms with Gasteiger partial charge in [-0.2, -0.15) is 18.3 Å². The van der Waals surface area contributed by atoms with Crippen molar-refractivity contribution in [1.29, 1.82) is 0 Å². The van der Waals surface area contributed by atoms with Crippen molar-refractivity contribution in [2.45, 2.75) is 25.4 Å². The summed E-state index contributed by atoms with van der Waals surface area (Å²) >= 11 is 0. The number of halogens is 3. The molecule has 0 bridgehead atoms. The van der Waals surface area contributed by atoms with Crippen molar-refractivity contribution in [2.75, 3.05) is 0 Å². The summed E-state index contributed by atoms with van der Waals surface area (Å²) in [6.07, 6.45) is -3.41. The maximum absolute atomic E-state index is 12.2. The molecular formula is C9H9F3N2O2. The van der Waals surface area contributed by atoms with Gasteiger partial charge in [-0.25, -0.2) is 0 Å². The second-order valence-corrected chi connectivity index (χ2v) is 4.04. The van der Waals surface area contributed by atoms with Crippen LogP contribution in [0, 0.1) is 5.41 Å². The first kappa shape index (κ1) is 11.0. The standard InChI is InChI=1S/C9H9F3N2O2/c10-9(11,12)6-3-5(13-14-6)4-8(1-2-8)7(15)16/h3H,1-2,4H2,(H,13,14)(H,15,16). The van der Waals surface area contributed by atoms with Crippen LogP contribution in [0.2, 0.25) is 0 Å². The lowest BCUT2D eigenvalue weighted by Gasteiger charge is -2.06. The molecule has 1 aliphatic rings. The van der Waals surface area contributed by atoms with Crippen LogP contribution >= 0.6 is 0 Å². The Kier molecular flexibility index (Phi) is 2.21. The van der Waals surface area contributed by atoms with E-state index >= 15 is 0 Å². The summed E-state index contributed by atoms with van der Waals surface area (Å²) in [5.41, 5.74) is -1.68. The highest BCUT2D eigenvalue weighted by Gasteiger charge is 2.50. The minimum Gasteiger partial charge on any atom is -0.481 e. The third-order valence-corrected chi connectivity index (χ3v) is 2.76. The van der Waals surface area contributed by atoms with Crippen molar-refractivity contribution >= 4 is 5.97 Å². The number of nitrogens with zero attached hydrogens (tertiary/aromatic N) is 1. The number of carboxylic acid groups (broad SMARTS) is 1. The van der Waals surface area contributed by atoms with Gasteiger partial charge >= 0.3 is 12.1 Å². The molecule has 0 atom stereocenters. The van der Waals surface area contributed by atoms with Crippen molar-refractivity contribution in [3.63, 3.8) is 0 Å². The molecule has 0 aliphatic heterocycles. The number of rotatable bonds is 3. The van der Waals surface area contributed by atoms with E-state index in [1.54, 1.807) is 0 Å². The molecular weight excluding hydrogens is 225 g/mol. The lowest BCUT2D eigenvalue weighted by atomic mass is 10.0. The smallest absolute Gasteiger partial charge is 0.435 e. The number of nitrogens with one attached hydrogen (secondary N) is 1. The van der Waals surface area contributed by atoms with Gasteiger partial charge in [0.05, 0.1) is 5.41 Å². The second-order valence-electron chi connectivity index (χ2n) is 4.04. The molecule has 1 aromatic rings. The van der Waals surface area contributed by atoms with E-state index < -0.39 is 23.3 Å². The second kappa shape index (κ2) is 3.23. The SMILES string of the molecule is O=C(O)C1(Cc2cc(C(F)(F)F)n[nH]2)CC1. The quantitative estimate of drug-likeness (QED) is 0.838. The van der Waals surface area contributed by atoms with Crippen LogP contribution in [0.15, 0.2) is 6.07 Å². The maximum atomic E-state index is 12.2. The van der Waals surface area contributed by atoms with Gasteiger partial charge in [-0.05, 0) is 18.9 Å². The summed E-state index contributed by atoms with van der Waals surface area (Å²) in [5.74, 6) is -0.962. The average Bonchev–Trinajstić information content (AvgIpc) is 2.74. The molecule has 1 saturated carbocycles. The van der Waals surface area contributed by atoms with Gasteiger partial charge in [-0.15, -0.1) is 0 Å². The first-order valence-electron chi connectivity index (χ1n) is 4.68. The number of alkyl halides is 3. The zero-order valence-corrected chi connectivity index (χ0v) is 8.14. The molecule has 0 unspecified atom stereocenters. The molecule has 4 nitrogen and oxygen atoms in total. The summed E-state index contributed by atoms with van der Waals surface area (Å²) in [5, 5.41) is 14.2. The van der Waals surface area contributed by atoms with Crippen molar-refractivity contribution in [2.24, 2.45) is 5.41 Å². The molecule has 0 amide bonds. The predicted molar refractivity (Wildman–Crippen MR) is 46.6 cm³/mol. The zero-order chi connectivity index (χ0) is 12.0. The summed E-state index contributed by atoms with van der Waals surface area (Å²) in [7, 11) is 0. The number of H-pyrrole nitrogens is 1. The van der Waals surface area contributed by atoms with Gasteiger partial charge in [0.25, 0.3) is 0 Å². The summed E-state index contributed by atoms with van der Waals surface area (Å²) in [6.45, 7) is 0. The van der Waals surface area contributed by atoms with Crippen LogP contribution in [0.5, 0.6) is 0 Å². The molecule has 0 spiro atoms. The Labute approximate surface area is 88.5 Å². The van der Waals surface area contributed by atoms with Gasteiger partial charge < -0.3 is 5.11 Å². The molecule has 0 radical (unpaired) electrons. The Morgan fingerprint density at radius 1 is 1.56 bits per heavy atom. The fraction of sp³-hybridized carbons (Fsp3) is 0.556. The third-order valence-electron chi connectivity index (χ3n) is 2.76. The van der Waals surface area contributed by atoms with E-state index in [1.165, 1.54) is 0 Å². The molecule has 1 aromatic heterocycles. The molecule has 7 heteroatoms. The Morgan fingerprint density at radius 2 is 2.19 bits per heavy atom. The Balaban J connectivity index is 2.12. The zero-order valence-electron chi connectivity index (χ0n) is 8.14. The number of hydrogen-bond acceptors (Lipinski definition) is 2. The van der Waals surface area contributed by atoms with E-state index in [9.17, 15) is 18.0 Å². The lowest BCUT2D eigenvalue weighted by Crippen LogP contribution is -2.17. The molecule has 2 rings (SSSR count).